The molecular weight excluding hydrogens is 522 g/mol. The van der Waals surface area contributed by atoms with E-state index in [0.29, 0.717) is 16.4 Å². The molecule has 3 rings (SSSR count). The van der Waals surface area contributed by atoms with E-state index in [4.69, 9.17) is 4.74 Å². The van der Waals surface area contributed by atoms with Crippen LogP contribution in [0.4, 0.5) is 18.9 Å². The molecule has 0 aromatic heterocycles. The molecular formula is C19H19F3INO4S. The van der Waals surface area contributed by atoms with Gasteiger partial charge in [0.2, 0.25) is 10.0 Å². The summed E-state index contributed by atoms with van der Waals surface area (Å²) in [5.74, 6) is -3.35. The Labute approximate surface area is 180 Å². The van der Waals surface area contributed by atoms with E-state index < -0.39 is 32.2 Å². The second kappa shape index (κ2) is 8.31. The van der Waals surface area contributed by atoms with Gasteiger partial charge in [-0.2, -0.15) is 0 Å². The highest BCUT2D eigenvalue weighted by Gasteiger charge is 2.54. The fourth-order valence-corrected chi connectivity index (χ4v) is 5.35. The molecule has 0 radical (unpaired) electrons. The quantitative estimate of drug-likeness (QED) is 0.497. The highest BCUT2D eigenvalue weighted by atomic mass is 127. The zero-order valence-electron chi connectivity index (χ0n) is 15.4. The van der Waals surface area contributed by atoms with Crippen molar-refractivity contribution in [1.82, 2.24) is 0 Å². The van der Waals surface area contributed by atoms with Crippen molar-refractivity contribution in [2.45, 2.75) is 30.4 Å². The Morgan fingerprint density at radius 3 is 2.45 bits per heavy atom. The minimum atomic E-state index is -4.03. The Bertz CT molecular complexity index is 1040. The summed E-state index contributed by atoms with van der Waals surface area (Å²) in [5, 5.41) is 9.19. The van der Waals surface area contributed by atoms with Crippen LogP contribution in [0, 0.1) is 21.0 Å². The zero-order chi connectivity index (χ0) is 21.4. The Balaban J connectivity index is 2.09. The van der Waals surface area contributed by atoms with Crippen LogP contribution in [0.15, 0.2) is 24.3 Å². The van der Waals surface area contributed by atoms with Crippen LogP contribution in [0.25, 0.3) is 0 Å². The molecule has 10 heteroatoms. The zero-order valence-corrected chi connectivity index (χ0v) is 18.4. The van der Waals surface area contributed by atoms with Gasteiger partial charge >= 0.3 is 0 Å². The molecule has 2 aromatic carbocycles. The molecule has 1 fully saturated rings. The molecule has 0 aliphatic heterocycles. The molecule has 0 saturated heterocycles. The van der Waals surface area contributed by atoms with Crippen molar-refractivity contribution in [1.29, 1.82) is 0 Å². The maximum Gasteiger partial charge on any atom is 0.238 e. The fraction of sp³-hybridized carbons (Fsp3) is 0.368. The molecule has 5 nitrogen and oxygen atoms in total. The van der Waals surface area contributed by atoms with Gasteiger partial charge in [0.15, 0.2) is 11.6 Å². The number of rotatable bonds is 8. The molecule has 0 heterocycles. The van der Waals surface area contributed by atoms with Gasteiger partial charge < -0.3 is 9.84 Å². The van der Waals surface area contributed by atoms with Crippen molar-refractivity contribution in [3.05, 3.63) is 56.4 Å². The Hall–Kier alpha value is -1.53. The topological polar surface area (TPSA) is 75.6 Å². The highest BCUT2D eigenvalue weighted by molar-refractivity contribution is 14.1. The molecule has 158 valence electrons. The average Bonchev–Trinajstić information content (AvgIpc) is 3.44. The van der Waals surface area contributed by atoms with E-state index in [-0.39, 0.29) is 42.0 Å². The number of ether oxygens (including phenoxy) is 1. The Morgan fingerprint density at radius 1 is 1.21 bits per heavy atom. The lowest BCUT2D eigenvalue weighted by molar-refractivity contribution is 0.283. The maximum atomic E-state index is 14.7. The Morgan fingerprint density at radius 2 is 1.90 bits per heavy atom. The first kappa shape index (κ1) is 22.2. The van der Waals surface area contributed by atoms with Gasteiger partial charge in [-0.3, -0.25) is 4.72 Å². The summed E-state index contributed by atoms with van der Waals surface area (Å²) in [5.41, 5.74) is -0.548. The summed E-state index contributed by atoms with van der Waals surface area (Å²) in [6.07, 6.45) is 0.328. The van der Waals surface area contributed by atoms with Crippen LogP contribution < -0.4 is 9.46 Å². The van der Waals surface area contributed by atoms with E-state index in [2.05, 4.69) is 4.72 Å². The third-order valence-electron chi connectivity index (χ3n) is 5.06. The maximum absolute atomic E-state index is 14.7. The van der Waals surface area contributed by atoms with Crippen LogP contribution in [0.3, 0.4) is 0 Å². The summed E-state index contributed by atoms with van der Waals surface area (Å²) in [7, 11) is -2.84. The molecule has 0 atom stereocenters. The molecule has 0 amide bonds. The van der Waals surface area contributed by atoms with Crippen LogP contribution in [0.1, 0.15) is 30.4 Å². The molecule has 1 aliphatic rings. The Kier molecular flexibility index (Phi) is 6.35. The largest absolute Gasteiger partial charge is 0.494 e. The van der Waals surface area contributed by atoms with Gasteiger partial charge in [0.05, 0.1) is 17.5 Å². The smallest absolute Gasteiger partial charge is 0.238 e. The van der Waals surface area contributed by atoms with E-state index in [1.54, 1.807) is 6.07 Å². The predicted octanol–water partition coefficient (Wildman–Crippen LogP) is 3.96. The standard InChI is InChI=1S/C19H19F3INO4S/c1-28-16-10-15(21)17(22)13(8-11-2-3-12(23)9-14(11)20)18(16)24-29(26,27)19(4-5-19)6-7-25/h2-3,9-10,24-25H,4-8H2,1H3. The second-order valence-corrected chi connectivity index (χ2v) is 10.2. The first-order valence-corrected chi connectivity index (χ1v) is 11.3. The van der Waals surface area contributed by atoms with E-state index in [1.807, 2.05) is 22.6 Å². The van der Waals surface area contributed by atoms with Crippen LogP contribution in [0.2, 0.25) is 0 Å². The average molecular weight is 541 g/mol. The number of halogens is 4. The summed E-state index contributed by atoms with van der Waals surface area (Å²) < 4.78 is 75.7. The van der Waals surface area contributed by atoms with Crippen LogP contribution in [0.5, 0.6) is 5.75 Å². The fourth-order valence-electron chi connectivity index (χ4n) is 3.19. The van der Waals surface area contributed by atoms with Gasteiger partial charge in [-0.15, -0.1) is 0 Å². The number of anilines is 1. The van der Waals surface area contributed by atoms with Crippen molar-refractivity contribution in [3.63, 3.8) is 0 Å². The number of benzene rings is 2. The number of sulfonamides is 1. The molecule has 2 N–H and O–H groups in total. The number of methoxy groups -OCH3 is 1. The van der Waals surface area contributed by atoms with Crippen molar-refractivity contribution in [2.24, 2.45) is 0 Å². The lowest BCUT2D eigenvalue weighted by Crippen LogP contribution is -2.31. The first-order valence-electron chi connectivity index (χ1n) is 8.76. The number of hydrogen-bond acceptors (Lipinski definition) is 4. The van der Waals surface area contributed by atoms with Gasteiger partial charge in [0, 0.05) is 28.2 Å². The van der Waals surface area contributed by atoms with Crippen LogP contribution in [-0.4, -0.2) is 32.0 Å². The molecule has 0 bridgehead atoms. The summed E-state index contributed by atoms with van der Waals surface area (Å²) in [6, 6.07) is 5.03. The molecule has 29 heavy (non-hydrogen) atoms. The summed E-state index contributed by atoms with van der Waals surface area (Å²) in [6.45, 7) is -0.323. The third-order valence-corrected chi connectivity index (χ3v) is 7.96. The normalized spacial score (nSPS) is 15.2. The third kappa shape index (κ3) is 4.33. The van der Waals surface area contributed by atoms with Crippen molar-refractivity contribution in [2.75, 3.05) is 18.4 Å². The number of aliphatic hydroxyl groups excluding tert-OH is 1. The minimum Gasteiger partial charge on any atom is -0.494 e. The lowest BCUT2D eigenvalue weighted by atomic mass is 10.0. The van der Waals surface area contributed by atoms with E-state index in [9.17, 15) is 26.7 Å². The van der Waals surface area contributed by atoms with E-state index >= 15 is 0 Å². The van der Waals surface area contributed by atoms with Crippen molar-refractivity contribution < 1.29 is 31.4 Å². The lowest BCUT2D eigenvalue weighted by Gasteiger charge is -2.21. The van der Waals surface area contributed by atoms with Gasteiger partial charge in [-0.05, 0) is 59.5 Å². The van der Waals surface area contributed by atoms with E-state index in [0.717, 1.165) is 6.07 Å². The van der Waals surface area contributed by atoms with Gasteiger partial charge in [0.25, 0.3) is 0 Å². The summed E-state index contributed by atoms with van der Waals surface area (Å²) >= 11 is 1.92. The molecule has 1 saturated carbocycles. The van der Waals surface area contributed by atoms with Crippen LogP contribution in [-0.2, 0) is 16.4 Å². The molecule has 2 aromatic rings. The SMILES string of the molecule is COc1cc(F)c(F)c(Cc2ccc(I)cc2F)c1NS(=O)(=O)C1(CCO)CC1. The van der Waals surface area contributed by atoms with Gasteiger partial charge in [-0.1, -0.05) is 6.07 Å². The van der Waals surface area contributed by atoms with Crippen molar-refractivity contribution >= 4 is 38.3 Å². The minimum absolute atomic E-state index is 0.0232. The van der Waals surface area contributed by atoms with E-state index in [1.165, 1.54) is 19.2 Å². The predicted molar refractivity (Wildman–Crippen MR) is 111 cm³/mol. The number of aliphatic hydroxyl groups is 1. The highest BCUT2D eigenvalue weighted by Crippen LogP contribution is 2.48. The number of nitrogens with one attached hydrogen (secondary N) is 1. The van der Waals surface area contributed by atoms with Gasteiger partial charge in [-0.25, -0.2) is 21.6 Å². The van der Waals surface area contributed by atoms with Gasteiger partial charge in [0.1, 0.15) is 11.6 Å². The summed E-state index contributed by atoms with van der Waals surface area (Å²) in [4.78, 5) is 0. The van der Waals surface area contributed by atoms with Crippen molar-refractivity contribution in [3.8, 4) is 5.75 Å². The molecule has 0 spiro atoms. The van der Waals surface area contributed by atoms with Crippen LogP contribution >= 0.6 is 22.6 Å². The number of hydrogen-bond donors (Lipinski definition) is 2. The molecule has 1 aliphatic carbocycles. The first-order chi connectivity index (χ1) is 13.6. The molecule has 0 unspecified atom stereocenters. The monoisotopic (exact) mass is 541 g/mol. The second-order valence-electron chi connectivity index (χ2n) is 6.90.